The molecular formula is C19H32O5Si. The highest BCUT2D eigenvalue weighted by molar-refractivity contribution is 6.74. The number of furan rings is 1. The molecule has 1 saturated heterocycles. The lowest BCUT2D eigenvalue weighted by molar-refractivity contribution is -0.289. The highest BCUT2D eigenvalue weighted by Crippen LogP contribution is 2.40. The summed E-state index contributed by atoms with van der Waals surface area (Å²) in [6.45, 7) is 18.1. The van der Waals surface area contributed by atoms with Gasteiger partial charge in [-0.05, 0) is 25.1 Å². The molecule has 0 spiro atoms. The van der Waals surface area contributed by atoms with Gasteiger partial charge in [0.15, 0.2) is 17.8 Å². The Morgan fingerprint density at radius 2 is 1.76 bits per heavy atom. The Balaban J connectivity index is 2.19. The van der Waals surface area contributed by atoms with Gasteiger partial charge >= 0.3 is 0 Å². The van der Waals surface area contributed by atoms with Crippen LogP contribution < -0.4 is 4.43 Å². The van der Waals surface area contributed by atoms with E-state index in [1.807, 2.05) is 6.92 Å². The molecule has 0 saturated carbocycles. The maximum atomic E-state index is 11.7. The third-order valence-electron chi connectivity index (χ3n) is 5.18. The molecule has 0 atom stereocenters. The summed E-state index contributed by atoms with van der Waals surface area (Å²) in [4.78, 5) is 11.7. The Hall–Kier alpha value is -1.11. The van der Waals surface area contributed by atoms with Crippen LogP contribution in [0.3, 0.4) is 0 Å². The van der Waals surface area contributed by atoms with Crippen molar-refractivity contribution in [2.45, 2.75) is 71.9 Å². The number of hydrogen-bond acceptors (Lipinski definition) is 5. The molecule has 1 aliphatic rings. The molecule has 142 valence electrons. The number of carbonyl (C=O) groups is 1. The molecule has 1 aromatic heterocycles. The first-order chi connectivity index (χ1) is 11.3. The van der Waals surface area contributed by atoms with E-state index < -0.39 is 14.1 Å². The summed E-state index contributed by atoms with van der Waals surface area (Å²) in [7, 11) is -2.05. The fraction of sp³-hybridized carbons (Fsp3) is 0.737. The smallest absolute Gasteiger partial charge is 0.250 e. The number of ether oxygens (including phenoxy) is 2. The maximum Gasteiger partial charge on any atom is 0.250 e. The minimum Gasteiger partial charge on any atom is -0.541 e. The Bertz CT molecular complexity index is 614. The minimum atomic E-state index is -2.05. The summed E-state index contributed by atoms with van der Waals surface area (Å²) in [5.41, 5.74) is 0.454. The molecule has 0 aliphatic carbocycles. The molecular weight excluding hydrogens is 336 g/mol. The van der Waals surface area contributed by atoms with Crippen LogP contribution in [-0.2, 0) is 15.9 Å². The van der Waals surface area contributed by atoms with Crippen molar-refractivity contribution in [1.82, 2.24) is 0 Å². The summed E-state index contributed by atoms with van der Waals surface area (Å²) in [6, 6.07) is 0. The third kappa shape index (κ3) is 4.54. The van der Waals surface area contributed by atoms with Gasteiger partial charge in [0.2, 0.25) is 0 Å². The van der Waals surface area contributed by atoms with Crippen LogP contribution in [0, 0.1) is 5.41 Å². The number of hydrogen-bond donors (Lipinski definition) is 0. The molecule has 1 fully saturated rings. The number of aldehydes is 1. The third-order valence-corrected chi connectivity index (χ3v) is 9.52. The minimum absolute atomic E-state index is 0.00718. The lowest BCUT2D eigenvalue weighted by Crippen LogP contribution is -2.47. The van der Waals surface area contributed by atoms with Gasteiger partial charge in [-0.3, -0.25) is 4.79 Å². The fourth-order valence-electron chi connectivity index (χ4n) is 2.33. The SMILES string of the molecule is CC1(C)COC(C)(Cc2occ(O[Si](C)(C)C(C)(C)C)c2C=O)OC1. The first-order valence-corrected chi connectivity index (χ1v) is 11.7. The molecule has 0 amide bonds. The zero-order valence-corrected chi connectivity index (χ0v) is 17.8. The number of carbonyl (C=O) groups excluding carboxylic acids is 1. The van der Waals surface area contributed by atoms with Gasteiger partial charge in [-0.25, -0.2) is 0 Å². The van der Waals surface area contributed by atoms with Gasteiger partial charge in [0.25, 0.3) is 8.32 Å². The summed E-state index contributed by atoms with van der Waals surface area (Å²) in [6.07, 6.45) is 2.71. The average molecular weight is 369 g/mol. The summed E-state index contributed by atoms with van der Waals surface area (Å²) in [5.74, 6) is 0.279. The molecule has 5 nitrogen and oxygen atoms in total. The van der Waals surface area contributed by atoms with Gasteiger partial charge in [-0.1, -0.05) is 34.6 Å². The van der Waals surface area contributed by atoms with Crippen molar-refractivity contribution >= 4 is 14.6 Å². The Kier molecular flexibility index (Phi) is 5.30. The van der Waals surface area contributed by atoms with Crippen LogP contribution in [-0.4, -0.2) is 33.6 Å². The predicted molar refractivity (Wildman–Crippen MR) is 99.7 cm³/mol. The molecule has 1 aromatic rings. The first-order valence-electron chi connectivity index (χ1n) is 8.81. The van der Waals surface area contributed by atoms with Crippen LogP contribution in [0.1, 0.15) is 57.7 Å². The molecule has 0 aromatic carbocycles. The van der Waals surface area contributed by atoms with E-state index in [4.69, 9.17) is 18.3 Å². The standard InChI is InChI=1S/C19H32O5Si/c1-17(2,3)25(7,8)24-16-11-21-15(14(16)10-20)9-19(6)22-12-18(4,5)13-23-19/h10-11H,9,12-13H2,1-8H3. The van der Waals surface area contributed by atoms with Crippen molar-refractivity contribution in [1.29, 1.82) is 0 Å². The van der Waals surface area contributed by atoms with E-state index in [0.29, 0.717) is 36.7 Å². The summed E-state index contributed by atoms with van der Waals surface area (Å²) < 4.78 is 23.8. The topological polar surface area (TPSA) is 57.9 Å². The van der Waals surface area contributed by atoms with Gasteiger partial charge in [-0.15, -0.1) is 0 Å². The molecule has 0 radical (unpaired) electrons. The maximum absolute atomic E-state index is 11.7. The van der Waals surface area contributed by atoms with E-state index in [-0.39, 0.29) is 10.5 Å². The quantitative estimate of drug-likeness (QED) is 0.551. The molecule has 2 rings (SSSR count). The zero-order valence-electron chi connectivity index (χ0n) is 16.8. The second kappa shape index (κ2) is 6.56. The van der Waals surface area contributed by atoms with Gasteiger partial charge in [0.1, 0.15) is 12.0 Å². The predicted octanol–water partition coefficient (Wildman–Crippen LogP) is 4.81. The van der Waals surface area contributed by atoms with Crippen LogP contribution in [0.5, 0.6) is 5.75 Å². The molecule has 1 aliphatic heterocycles. The number of rotatable bonds is 5. The Morgan fingerprint density at radius 3 is 2.24 bits per heavy atom. The van der Waals surface area contributed by atoms with E-state index in [1.165, 1.54) is 6.26 Å². The average Bonchev–Trinajstić information content (AvgIpc) is 2.82. The molecule has 25 heavy (non-hydrogen) atoms. The van der Waals surface area contributed by atoms with Crippen LogP contribution in [0.2, 0.25) is 18.1 Å². The first kappa shape index (κ1) is 20.2. The van der Waals surface area contributed by atoms with Crippen molar-refractivity contribution < 1.29 is 23.1 Å². The van der Waals surface area contributed by atoms with Gasteiger partial charge in [0.05, 0.1) is 25.2 Å². The van der Waals surface area contributed by atoms with E-state index in [1.54, 1.807) is 0 Å². The van der Waals surface area contributed by atoms with E-state index in [0.717, 1.165) is 6.29 Å². The zero-order chi connectivity index (χ0) is 19.1. The van der Waals surface area contributed by atoms with Gasteiger partial charge in [0, 0.05) is 5.41 Å². The van der Waals surface area contributed by atoms with Crippen molar-refractivity contribution in [3.63, 3.8) is 0 Å². The van der Waals surface area contributed by atoms with Crippen molar-refractivity contribution in [2.24, 2.45) is 5.41 Å². The molecule has 0 bridgehead atoms. The Morgan fingerprint density at radius 1 is 1.20 bits per heavy atom. The van der Waals surface area contributed by atoms with Crippen LogP contribution >= 0.6 is 0 Å². The summed E-state index contributed by atoms with van der Waals surface area (Å²) in [5, 5.41) is 0.0394. The van der Waals surface area contributed by atoms with Crippen molar-refractivity contribution in [3.05, 3.63) is 17.6 Å². The normalized spacial score (nSPS) is 20.3. The second-order valence-corrected chi connectivity index (χ2v) is 14.2. The van der Waals surface area contributed by atoms with Crippen molar-refractivity contribution in [2.75, 3.05) is 13.2 Å². The molecule has 0 N–H and O–H groups in total. The van der Waals surface area contributed by atoms with Gasteiger partial charge in [-0.2, -0.15) is 0 Å². The lowest BCUT2D eigenvalue weighted by atomic mass is 9.94. The van der Waals surface area contributed by atoms with E-state index in [9.17, 15) is 4.79 Å². The monoisotopic (exact) mass is 368 g/mol. The molecule has 0 unspecified atom stereocenters. The van der Waals surface area contributed by atoms with Crippen LogP contribution in [0.25, 0.3) is 0 Å². The van der Waals surface area contributed by atoms with Crippen LogP contribution in [0.4, 0.5) is 0 Å². The van der Waals surface area contributed by atoms with Crippen LogP contribution in [0.15, 0.2) is 10.7 Å². The highest BCUT2D eigenvalue weighted by Gasteiger charge is 2.41. The molecule has 6 heteroatoms. The summed E-state index contributed by atoms with van der Waals surface area (Å²) >= 11 is 0. The highest BCUT2D eigenvalue weighted by atomic mass is 28.4. The van der Waals surface area contributed by atoms with Crippen molar-refractivity contribution in [3.8, 4) is 5.75 Å². The Labute approximate surface area is 152 Å². The van der Waals surface area contributed by atoms with Gasteiger partial charge < -0.3 is 18.3 Å². The fourth-order valence-corrected chi connectivity index (χ4v) is 3.34. The van der Waals surface area contributed by atoms with E-state index in [2.05, 4.69) is 47.7 Å². The molecule has 2 heterocycles. The second-order valence-electron chi connectivity index (χ2n) is 9.47. The van der Waals surface area contributed by atoms with E-state index >= 15 is 0 Å². The lowest BCUT2D eigenvalue weighted by Gasteiger charge is -2.41. The largest absolute Gasteiger partial charge is 0.541 e.